The van der Waals surface area contributed by atoms with Crippen molar-refractivity contribution in [3.05, 3.63) is 98.5 Å². The van der Waals surface area contributed by atoms with Crippen molar-refractivity contribution in [3.63, 3.8) is 0 Å². The lowest BCUT2D eigenvalue weighted by molar-refractivity contribution is 0.174. The molecule has 8 nitrogen and oxygen atoms in total. The van der Waals surface area contributed by atoms with Crippen molar-refractivity contribution in [2.24, 2.45) is 5.10 Å². The molecule has 1 saturated carbocycles. The van der Waals surface area contributed by atoms with Gasteiger partial charge in [0.25, 0.3) is 5.56 Å². The molecule has 4 aromatic rings. The zero-order valence-corrected chi connectivity index (χ0v) is 25.1. The monoisotopic (exact) mass is 629 g/mol. The summed E-state index contributed by atoms with van der Waals surface area (Å²) in [5.41, 5.74) is 3.12. The van der Waals surface area contributed by atoms with Gasteiger partial charge in [0, 0.05) is 16.0 Å². The minimum atomic E-state index is -0.180. The first-order valence-electron chi connectivity index (χ1n) is 14.1. The van der Waals surface area contributed by atoms with Crippen LogP contribution in [0.4, 0.5) is 0 Å². The van der Waals surface area contributed by atoms with Crippen LogP contribution in [0.2, 0.25) is 0 Å². The number of methoxy groups -OCH3 is 1. The third kappa shape index (κ3) is 5.79. The van der Waals surface area contributed by atoms with Crippen molar-refractivity contribution < 1.29 is 18.9 Å². The van der Waals surface area contributed by atoms with E-state index < -0.39 is 0 Å². The number of allylic oxidation sites excluding steroid dienone is 1. The fourth-order valence-corrected chi connectivity index (χ4v) is 5.95. The molecule has 9 heteroatoms. The maximum absolute atomic E-state index is 13.7. The molecular formula is C33H32BrN3O5. The fraction of sp³-hybridized carbons (Fsp3) is 0.303. The van der Waals surface area contributed by atoms with Crippen LogP contribution in [-0.2, 0) is 13.0 Å². The molecule has 3 aromatic carbocycles. The van der Waals surface area contributed by atoms with E-state index in [0.717, 1.165) is 52.6 Å². The Hall–Kier alpha value is -4.11. The van der Waals surface area contributed by atoms with Gasteiger partial charge in [-0.05, 0) is 72.9 Å². The van der Waals surface area contributed by atoms with Gasteiger partial charge in [0.15, 0.2) is 23.0 Å². The number of hydrogen-bond acceptors (Lipinski definition) is 7. The van der Waals surface area contributed by atoms with E-state index >= 15 is 0 Å². The highest BCUT2D eigenvalue weighted by Crippen LogP contribution is 2.36. The third-order valence-corrected chi connectivity index (χ3v) is 8.18. The summed E-state index contributed by atoms with van der Waals surface area (Å²) in [6, 6.07) is 15.2. The number of rotatable bonds is 9. The molecular weight excluding hydrogens is 598 g/mol. The van der Waals surface area contributed by atoms with E-state index in [-0.39, 0.29) is 18.3 Å². The largest absolute Gasteiger partial charge is 0.493 e. The van der Waals surface area contributed by atoms with Crippen molar-refractivity contribution in [1.82, 2.24) is 9.66 Å². The van der Waals surface area contributed by atoms with Gasteiger partial charge in [0.2, 0.25) is 6.79 Å². The van der Waals surface area contributed by atoms with E-state index in [9.17, 15) is 4.79 Å². The Kier molecular flexibility index (Phi) is 8.28. The second kappa shape index (κ2) is 12.4. The van der Waals surface area contributed by atoms with Gasteiger partial charge in [-0.2, -0.15) is 9.78 Å². The quantitative estimate of drug-likeness (QED) is 0.145. The smallest absolute Gasteiger partial charge is 0.282 e. The van der Waals surface area contributed by atoms with Gasteiger partial charge in [0.05, 0.1) is 24.2 Å². The average molecular weight is 631 g/mol. The molecule has 1 aliphatic carbocycles. The van der Waals surface area contributed by atoms with Crippen molar-refractivity contribution in [3.8, 4) is 23.0 Å². The highest BCUT2D eigenvalue weighted by atomic mass is 79.9. The summed E-state index contributed by atoms with van der Waals surface area (Å²) in [7, 11) is 1.61. The second-order valence-electron chi connectivity index (χ2n) is 10.5. The summed E-state index contributed by atoms with van der Waals surface area (Å²) in [6.45, 7) is 4.47. The number of benzene rings is 3. The summed E-state index contributed by atoms with van der Waals surface area (Å²) in [5, 5.41) is 5.24. The second-order valence-corrected chi connectivity index (χ2v) is 11.4. The first-order chi connectivity index (χ1) is 20.5. The molecule has 0 unspecified atom stereocenters. The van der Waals surface area contributed by atoms with Crippen LogP contribution < -0.4 is 24.5 Å². The molecule has 0 radical (unpaired) electrons. The Morgan fingerprint density at radius 1 is 1.10 bits per heavy atom. The van der Waals surface area contributed by atoms with Crippen LogP contribution in [0.25, 0.3) is 10.9 Å². The Balaban J connectivity index is 1.35. The average Bonchev–Trinajstić information content (AvgIpc) is 3.48. The minimum absolute atomic E-state index is 0.180. The van der Waals surface area contributed by atoms with Gasteiger partial charge < -0.3 is 18.9 Å². The highest BCUT2D eigenvalue weighted by Gasteiger charge is 2.23. The summed E-state index contributed by atoms with van der Waals surface area (Å²) in [5.74, 6) is 3.54. The van der Waals surface area contributed by atoms with Crippen molar-refractivity contribution >= 4 is 33.0 Å². The van der Waals surface area contributed by atoms with Gasteiger partial charge in [-0.25, -0.2) is 4.98 Å². The number of aromatic nitrogens is 2. The van der Waals surface area contributed by atoms with E-state index in [0.29, 0.717) is 47.0 Å². The van der Waals surface area contributed by atoms with Gasteiger partial charge in [-0.3, -0.25) is 4.79 Å². The molecule has 1 fully saturated rings. The molecule has 1 aromatic heterocycles. The Labute approximate surface area is 252 Å². The Morgan fingerprint density at radius 3 is 2.74 bits per heavy atom. The highest BCUT2D eigenvalue weighted by molar-refractivity contribution is 9.10. The normalized spacial score (nSPS) is 14.9. The summed E-state index contributed by atoms with van der Waals surface area (Å²) in [6.07, 6.45) is 9.52. The summed E-state index contributed by atoms with van der Waals surface area (Å²) >= 11 is 3.49. The van der Waals surface area contributed by atoms with Gasteiger partial charge in [-0.15, -0.1) is 6.58 Å². The van der Waals surface area contributed by atoms with Gasteiger partial charge in [0.1, 0.15) is 12.4 Å². The Morgan fingerprint density at radius 2 is 1.93 bits per heavy atom. The standard InChI is InChI=1S/C33H32BrN3O5/c1-3-7-24-14-22(16-30(39-2)31(24)40-19-21-10-13-28-29(15-21)42-20-41-28)18-35-37-32(23-8-5-4-6-9-23)36-27-12-11-25(34)17-26(27)33(37)38/h3,10-18,23H,1,4-9,19-20H2,2H3. The molecule has 2 aliphatic rings. The Bertz CT molecular complexity index is 1730. The fourth-order valence-electron chi connectivity index (χ4n) is 5.59. The maximum atomic E-state index is 13.7. The first-order valence-corrected chi connectivity index (χ1v) is 14.9. The molecule has 0 amide bonds. The lowest BCUT2D eigenvalue weighted by Crippen LogP contribution is -2.25. The van der Waals surface area contributed by atoms with Crippen LogP contribution in [-0.4, -0.2) is 29.8 Å². The van der Waals surface area contributed by atoms with E-state index in [4.69, 9.17) is 29.0 Å². The lowest BCUT2D eigenvalue weighted by atomic mass is 9.88. The van der Waals surface area contributed by atoms with E-state index in [1.54, 1.807) is 19.4 Å². The molecule has 0 bridgehead atoms. The lowest BCUT2D eigenvalue weighted by Gasteiger charge is -2.22. The van der Waals surface area contributed by atoms with Crippen molar-refractivity contribution in [2.45, 2.75) is 51.0 Å². The molecule has 6 rings (SSSR count). The zero-order valence-electron chi connectivity index (χ0n) is 23.5. The molecule has 216 valence electrons. The molecule has 0 saturated heterocycles. The number of ether oxygens (including phenoxy) is 4. The third-order valence-electron chi connectivity index (χ3n) is 7.68. The van der Waals surface area contributed by atoms with Crippen LogP contribution in [0.1, 0.15) is 60.5 Å². The first kappa shape index (κ1) is 28.0. The van der Waals surface area contributed by atoms with E-state index in [2.05, 4.69) is 22.5 Å². The van der Waals surface area contributed by atoms with Crippen LogP contribution in [0.5, 0.6) is 23.0 Å². The number of halogens is 1. The zero-order chi connectivity index (χ0) is 29.1. The summed E-state index contributed by atoms with van der Waals surface area (Å²) in [4.78, 5) is 18.7. The van der Waals surface area contributed by atoms with Crippen LogP contribution in [0.3, 0.4) is 0 Å². The minimum Gasteiger partial charge on any atom is -0.493 e. The number of hydrogen-bond donors (Lipinski definition) is 0. The maximum Gasteiger partial charge on any atom is 0.282 e. The SMILES string of the molecule is C=CCc1cc(C=Nn2c(C3CCCCC3)nc3ccc(Br)cc3c2=O)cc(OC)c1OCc1ccc2c(c1)OCO2. The molecule has 0 N–H and O–H groups in total. The summed E-state index contributed by atoms with van der Waals surface area (Å²) < 4.78 is 25.2. The molecule has 2 heterocycles. The van der Waals surface area contributed by atoms with Crippen molar-refractivity contribution in [1.29, 1.82) is 0 Å². The predicted molar refractivity (Wildman–Crippen MR) is 166 cm³/mol. The van der Waals surface area contributed by atoms with Gasteiger partial charge in [-0.1, -0.05) is 47.3 Å². The van der Waals surface area contributed by atoms with Crippen LogP contribution in [0, 0.1) is 0 Å². The number of fused-ring (bicyclic) bond motifs is 2. The van der Waals surface area contributed by atoms with Crippen molar-refractivity contribution in [2.75, 3.05) is 13.9 Å². The van der Waals surface area contributed by atoms with E-state index in [1.807, 2.05) is 48.5 Å². The van der Waals surface area contributed by atoms with Gasteiger partial charge >= 0.3 is 0 Å². The molecule has 0 atom stereocenters. The topological polar surface area (TPSA) is 84.2 Å². The molecule has 0 spiro atoms. The van der Waals surface area contributed by atoms with E-state index in [1.165, 1.54) is 11.1 Å². The molecule has 1 aliphatic heterocycles. The van der Waals surface area contributed by atoms with Crippen LogP contribution in [0.15, 0.2) is 75.6 Å². The predicted octanol–water partition coefficient (Wildman–Crippen LogP) is 7.13. The molecule has 42 heavy (non-hydrogen) atoms. The van der Waals surface area contributed by atoms with Crippen LogP contribution >= 0.6 is 15.9 Å². The number of nitrogens with zero attached hydrogens (tertiary/aromatic N) is 3.